The molecule has 1 aromatic heterocycles. The molecule has 2 N–H and O–H groups in total. The molecule has 0 radical (unpaired) electrons. The van der Waals surface area contributed by atoms with Gasteiger partial charge in [0.05, 0.1) is 12.3 Å². The molecule has 1 aromatic carbocycles. The van der Waals surface area contributed by atoms with Gasteiger partial charge in [-0.3, -0.25) is 0 Å². The molecule has 1 fully saturated rings. The zero-order valence-electron chi connectivity index (χ0n) is 13.9. The SMILES string of the molecule is COCc1cc(NCC2CCNCC2)nc(-c2cccc(F)c2)n1. The van der Waals surface area contributed by atoms with Gasteiger partial charge in [-0.2, -0.15) is 0 Å². The second-order valence-corrected chi connectivity index (χ2v) is 6.09. The highest BCUT2D eigenvalue weighted by atomic mass is 19.1. The number of aromatic nitrogens is 2. The predicted octanol–water partition coefficient (Wildman–Crippen LogP) is 2.84. The second-order valence-electron chi connectivity index (χ2n) is 6.09. The molecular weight excluding hydrogens is 307 g/mol. The molecule has 0 unspecified atom stereocenters. The summed E-state index contributed by atoms with van der Waals surface area (Å²) in [5.74, 6) is 1.62. The summed E-state index contributed by atoms with van der Waals surface area (Å²) < 4.78 is 18.7. The fraction of sp³-hybridized carbons (Fsp3) is 0.444. The third-order valence-corrected chi connectivity index (χ3v) is 4.18. The number of hydrogen-bond acceptors (Lipinski definition) is 5. The fourth-order valence-electron chi connectivity index (χ4n) is 2.90. The highest BCUT2D eigenvalue weighted by Crippen LogP contribution is 2.20. The van der Waals surface area contributed by atoms with Crippen molar-refractivity contribution in [2.45, 2.75) is 19.4 Å². The van der Waals surface area contributed by atoms with Crippen LogP contribution in [-0.2, 0) is 11.3 Å². The molecule has 1 aliphatic rings. The monoisotopic (exact) mass is 330 g/mol. The maximum atomic E-state index is 13.5. The maximum Gasteiger partial charge on any atom is 0.161 e. The summed E-state index contributed by atoms with van der Waals surface area (Å²) in [6.07, 6.45) is 2.33. The minimum atomic E-state index is -0.294. The van der Waals surface area contributed by atoms with Crippen LogP contribution in [-0.4, -0.2) is 36.7 Å². The zero-order valence-corrected chi connectivity index (χ0v) is 13.9. The summed E-state index contributed by atoms with van der Waals surface area (Å²) in [6, 6.07) is 8.24. The first-order chi connectivity index (χ1) is 11.7. The van der Waals surface area contributed by atoms with E-state index in [4.69, 9.17) is 4.74 Å². The van der Waals surface area contributed by atoms with Crippen LogP contribution in [0.15, 0.2) is 30.3 Å². The molecule has 0 bridgehead atoms. The van der Waals surface area contributed by atoms with E-state index in [1.54, 1.807) is 13.2 Å². The van der Waals surface area contributed by atoms with Gasteiger partial charge in [0.25, 0.3) is 0 Å². The summed E-state index contributed by atoms with van der Waals surface area (Å²) >= 11 is 0. The molecule has 0 atom stereocenters. The van der Waals surface area contributed by atoms with Crippen molar-refractivity contribution >= 4 is 5.82 Å². The zero-order chi connectivity index (χ0) is 16.8. The summed E-state index contributed by atoms with van der Waals surface area (Å²) in [7, 11) is 1.63. The van der Waals surface area contributed by atoms with Crippen LogP contribution in [0.2, 0.25) is 0 Å². The van der Waals surface area contributed by atoms with E-state index >= 15 is 0 Å². The summed E-state index contributed by atoms with van der Waals surface area (Å²) in [4.78, 5) is 9.03. The van der Waals surface area contributed by atoms with Crippen LogP contribution in [0.3, 0.4) is 0 Å². The van der Waals surface area contributed by atoms with Gasteiger partial charge in [-0.05, 0) is 44.0 Å². The molecule has 128 valence electrons. The molecule has 24 heavy (non-hydrogen) atoms. The average molecular weight is 330 g/mol. The third-order valence-electron chi connectivity index (χ3n) is 4.18. The number of hydrogen-bond donors (Lipinski definition) is 2. The van der Waals surface area contributed by atoms with Gasteiger partial charge >= 0.3 is 0 Å². The lowest BCUT2D eigenvalue weighted by molar-refractivity contribution is 0.181. The Morgan fingerprint density at radius 1 is 1.25 bits per heavy atom. The van der Waals surface area contributed by atoms with Crippen molar-refractivity contribution in [3.05, 3.63) is 41.8 Å². The van der Waals surface area contributed by atoms with Crippen molar-refractivity contribution in [1.82, 2.24) is 15.3 Å². The van der Waals surface area contributed by atoms with E-state index in [-0.39, 0.29) is 5.82 Å². The van der Waals surface area contributed by atoms with Crippen LogP contribution in [0.1, 0.15) is 18.5 Å². The average Bonchev–Trinajstić information content (AvgIpc) is 2.61. The highest BCUT2D eigenvalue weighted by molar-refractivity contribution is 5.57. The Balaban J connectivity index is 1.79. The quantitative estimate of drug-likeness (QED) is 0.853. The molecule has 5 nitrogen and oxygen atoms in total. The van der Waals surface area contributed by atoms with E-state index in [9.17, 15) is 4.39 Å². The highest BCUT2D eigenvalue weighted by Gasteiger charge is 2.14. The normalized spacial score (nSPS) is 15.4. The molecule has 0 saturated carbocycles. The molecule has 1 saturated heterocycles. The standard InChI is InChI=1S/C18H23FN4O/c1-24-12-16-10-17(21-11-13-5-7-20-8-6-13)23-18(22-16)14-3-2-4-15(19)9-14/h2-4,9-10,13,20H,5-8,11-12H2,1H3,(H,21,22,23). The smallest absolute Gasteiger partial charge is 0.161 e. The molecule has 6 heteroatoms. The summed E-state index contributed by atoms with van der Waals surface area (Å²) in [5, 5.41) is 6.78. The molecule has 0 aliphatic carbocycles. The minimum Gasteiger partial charge on any atom is -0.378 e. The topological polar surface area (TPSA) is 59.1 Å². The number of methoxy groups -OCH3 is 1. The number of rotatable bonds is 6. The van der Waals surface area contributed by atoms with Gasteiger partial charge in [0.1, 0.15) is 11.6 Å². The molecule has 2 aromatic rings. The molecule has 1 aliphatic heterocycles. The van der Waals surface area contributed by atoms with Gasteiger partial charge in [-0.1, -0.05) is 12.1 Å². The van der Waals surface area contributed by atoms with Crippen molar-refractivity contribution in [2.75, 3.05) is 32.1 Å². The van der Waals surface area contributed by atoms with Gasteiger partial charge in [-0.25, -0.2) is 14.4 Å². The van der Waals surface area contributed by atoms with E-state index < -0.39 is 0 Å². The molecular formula is C18H23FN4O. The van der Waals surface area contributed by atoms with Gasteiger partial charge in [0.2, 0.25) is 0 Å². The van der Waals surface area contributed by atoms with Crippen molar-refractivity contribution in [3.63, 3.8) is 0 Å². The van der Waals surface area contributed by atoms with Crippen LogP contribution in [0, 0.1) is 11.7 Å². The number of halogens is 1. The van der Waals surface area contributed by atoms with Gasteiger partial charge in [0, 0.05) is 25.3 Å². The summed E-state index contributed by atoms with van der Waals surface area (Å²) in [5.41, 5.74) is 1.44. The Morgan fingerprint density at radius 3 is 2.83 bits per heavy atom. The Hall–Kier alpha value is -2.05. The van der Waals surface area contributed by atoms with E-state index in [1.807, 2.05) is 12.1 Å². The Bertz CT molecular complexity index is 674. The number of anilines is 1. The first-order valence-corrected chi connectivity index (χ1v) is 8.32. The Kier molecular flexibility index (Phi) is 5.72. The fourth-order valence-corrected chi connectivity index (χ4v) is 2.90. The number of piperidine rings is 1. The Labute approximate surface area is 141 Å². The number of nitrogens with one attached hydrogen (secondary N) is 2. The third kappa shape index (κ3) is 4.49. The van der Waals surface area contributed by atoms with Crippen molar-refractivity contribution in [3.8, 4) is 11.4 Å². The van der Waals surface area contributed by atoms with E-state index in [0.29, 0.717) is 23.9 Å². The van der Waals surface area contributed by atoms with Crippen molar-refractivity contribution in [2.24, 2.45) is 5.92 Å². The minimum absolute atomic E-state index is 0.294. The number of benzene rings is 1. The van der Waals surface area contributed by atoms with Gasteiger partial charge < -0.3 is 15.4 Å². The van der Waals surface area contributed by atoms with Crippen LogP contribution in [0.5, 0.6) is 0 Å². The molecule has 3 rings (SSSR count). The van der Waals surface area contributed by atoms with E-state index in [2.05, 4.69) is 20.6 Å². The summed E-state index contributed by atoms with van der Waals surface area (Å²) in [6.45, 7) is 3.42. The van der Waals surface area contributed by atoms with Gasteiger partial charge in [-0.15, -0.1) is 0 Å². The van der Waals surface area contributed by atoms with Crippen LogP contribution in [0.4, 0.5) is 10.2 Å². The van der Waals surface area contributed by atoms with E-state index in [0.717, 1.165) is 31.1 Å². The first-order valence-electron chi connectivity index (χ1n) is 8.32. The predicted molar refractivity (Wildman–Crippen MR) is 92.2 cm³/mol. The lowest BCUT2D eigenvalue weighted by Gasteiger charge is -2.23. The van der Waals surface area contributed by atoms with Gasteiger partial charge in [0.15, 0.2) is 5.82 Å². The first kappa shape index (κ1) is 16.8. The Morgan fingerprint density at radius 2 is 2.08 bits per heavy atom. The van der Waals surface area contributed by atoms with Crippen LogP contribution >= 0.6 is 0 Å². The largest absolute Gasteiger partial charge is 0.378 e. The number of nitrogens with zero attached hydrogens (tertiary/aromatic N) is 2. The maximum absolute atomic E-state index is 13.5. The number of ether oxygens (including phenoxy) is 1. The second kappa shape index (κ2) is 8.17. The van der Waals surface area contributed by atoms with E-state index in [1.165, 1.54) is 25.0 Å². The molecule has 2 heterocycles. The van der Waals surface area contributed by atoms with Crippen molar-refractivity contribution in [1.29, 1.82) is 0 Å². The molecule has 0 amide bonds. The lowest BCUT2D eigenvalue weighted by Crippen LogP contribution is -2.31. The van der Waals surface area contributed by atoms with Crippen LogP contribution in [0.25, 0.3) is 11.4 Å². The lowest BCUT2D eigenvalue weighted by atomic mass is 9.98. The van der Waals surface area contributed by atoms with Crippen LogP contribution < -0.4 is 10.6 Å². The van der Waals surface area contributed by atoms with Crippen molar-refractivity contribution < 1.29 is 9.13 Å². The molecule has 0 spiro atoms.